The first-order valence-corrected chi connectivity index (χ1v) is 7.15. The van der Waals surface area contributed by atoms with Crippen molar-refractivity contribution in [2.24, 2.45) is 0 Å². The largest absolute Gasteiger partial charge is 0.370 e. The Morgan fingerprint density at radius 3 is 2.70 bits per heavy atom. The van der Waals surface area contributed by atoms with Gasteiger partial charge in [0.15, 0.2) is 0 Å². The second kappa shape index (κ2) is 6.46. The van der Waals surface area contributed by atoms with Crippen LogP contribution in [-0.4, -0.2) is 21.5 Å². The maximum Gasteiger partial charge on any atom is 0.133 e. The summed E-state index contributed by atoms with van der Waals surface area (Å²) in [4.78, 5) is 13.4. The molecule has 0 aliphatic carbocycles. The van der Waals surface area contributed by atoms with Gasteiger partial charge in [0, 0.05) is 36.5 Å². The first-order valence-electron chi connectivity index (χ1n) is 7.15. The molecule has 2 rings (SSSR count). The molecule has 0 saturated carbocycles. The summed E-state index contributed by atoms with van der Waals surface area (Å²) in [6.07, 6.45) is 4.74. The van der Waals surface area contributed by atoms with E-state index in [9.17, 15) is 0 Å². The quantitative estimate of drug-likeness (QED) is 0.898. The van der Waals surface area contributed by atoms with Crippen LogP contribution in [0.1, 0.15) is 44.5 Å². The van der Waals surface area contributed by atoms with E-state index >= 15 is 0 Å². The Labute approximate surface area is 120 Å². The van der Waals surface area contributed by atoms with Gasteiger partial charge in [-0.2, -0.15) is 0 Å². The lowest BCUT2D eigenvalue weighted by atomic mass is 10.1. The van der Waals surface area contributed by atoms with E-state index in [1.54, 1.807) is 6.20 Å². The first kappa shape index (κ1) is 14.4. The number of aromatic nitrogens is 3. The monoisotopic (exact) mass is 270 g/mol. The first-order chi connectivity index (χ1) is 9.61. The number of pyridine rings is 1. The smallest absolute Gasteiger partial charge is 0.133 e. The normalized spacial score (nSPS) is 10.8. The van der Waals surface area contributed by atoms with Gasteiger partial charge in [-0.15, -0.1) is 0 Å². The van der Waals surface area contributed by atoms with Crippen LogP contribution in [0.15, 0.2) is 24.5 Å². The molecule has 106 valence electrons. The lowest BCUT2D eigenvalue weighted by molar-refractivity contribution is 0.775. The molecule has 4 nitrogen and oxygen atoms in total. The van der Waals surface area contributed by atoms with Crippen molar-refractivity contribution in [1.29, 1.82) is 0 Å². The summed E-state index contributed by atoms with van der Waals surface area (Å²) in [5.74, 6) is 2.08. The molecule has 2 aromatic heterocycles. The highest BCUT2D eigenvalue weighted by atomic mass is 15.0. The molecule has 0 radical (unpaired) electrons. The molecule has 0 amide bonds. The van der Waals surface area contributed by atoms with E-state index in [0.717, 1.165) is 41.4 Å². The van der Waals surface area contributed by atoms with Gasteiger partial charge in [-0.25, -0.2) is 9.97 Å². The van der Waals surface area contributed by atoms with Crippen molar-refractivity contribution in [3.8, 4) is 11.3 Å². The van der Waals surface area contributed by atoms with Crippen LogP contribution in [0.4, 0.5) is 5.82 Å². The Morgan fingerprint density at radius 2 is 2.05 bits per heavy atom. The molecule has 1 N–H and O–H groups in total. The fraction of sp³-hybridized carbons (Fsp3) is 0.438. The minimum Gasteiger partial charge on any atom is -0.370 e. The Hall–Kier alpha value is -1.97. The fourth-order valence-electron chi connectivity index (χ4n) is 1.97. The van der Waals surface area contributed by atoms with Gasteiger partial charge in [0.2, 0.25) is 0 Å². The molecular weight excluding hydrogens is 248 g/mol. The average molecular weight is 270 g/mol. The summed E-state index contributed by atoms with van der Waals surface area (Å²) in [7, 11) is 0. The number of rotatable bonds is 5. The van der Waals surface area contributed by atoms with Gasteiger partial charge >= 0.3 is 0 Å². The summed E-state index contributed by atoms with van der Waals surface area (Å²) in [6.45, 7) is 9.34. The minimum absolute atomic E-state index is 0.305. The van der Waals surface area contributed by atoms with Crippen LogP contribution in [0.3, 0.4) is 0 Å². The van der Waals surface area contributed by atoms with E-state index < -0.39 is 0 Å². The Balaban J connectivity index is 2.46. The van der Waals surface area contributed by atoms with Gasteiger partial charge in [0.05, 0.1) is 5.69 Å². The van der Waals surface area contributed by atoms with E-state index in [1.807, 2.05) is 18.3 Å². The van der Waals surface area contributed by atoms with Crippen LogP contribution in [0.2, 0.25) is 0 Å². The highest BCUT2D eigenvalue weighted by molar-refractivity contribution is 5.65. The van der Waals surface area contributed by atoms with Gasteiger partial charge in [0.1, 0.15) is 11.6 Å². The second-order valence-corrected chi connectivity index (χ2v) is 5.27. The van der Waals surface area contributed by atoms with E-state index in [4.69, 9.17) is 4.98 Å². The van der Waals surface area contributed by atoms with Crippen molar-refractivity contribution in [3.63, 3.8) is 0 Å². The van der Waals surface area contributed by atoms with Crippen molar-refractivity contribution >= 4 is 5.82 Å². The summed E-state index contributed by atoms with van der Waals surface area (Å²) in [6, 6.07) is 4.02. The zero-order valence-electron chi connectivity index (χ0n) is 12.6. The fourth-order valence-corrected chi connectivity index (χ4v) is 1.97. The van der Waals surface area contributed by atoms with E-state index in [1.165, 1.54) is 0 Å². The molecule has 0 fully saturated rings. The summed E-state index contributed by atoms with van der Waals surface area (Å²) >= 11 is 0. The third-order valence-electron chi connectivity index (χ3n) is 3.11. The molecule has 0 aromatic carbocycles. The molecule has 2 heterocycles. The van der Waals surface area contributed by atoms with Gasteiger partial charge in [-0.1, -0.05) is 20.8 Å². The Morgan fingerprint density at radius 1 is 1.25 bits per heavy atom. The SMILES string of the molecule is CCCNc1cc(-c2ccncc2C)nc(C(C)C)n1. The molecule has 2 aromatic rings. The average Bonchev–Trinajstić information content (AvgIpc) is 2.45. The molecule has 0 atom stereocenters. The summed E-state index contributed by atoms with van der Waals surface area (Å²) in [5, 5.41) is 3.35. The number of hydrogen-bond donors (Lipinski definition) is 1. The number of aryl methyl sites for hydroxylation is 1. The zero-order valence-corrected chi connectivity index (χ0v) is 12.6. The number of nitrogens with zero attached hydrogens (tertiary/aromatic N) is 3. The highest BCUT2D eigenvalue weighted by Crippen LogP contribution is 2.24. The predicted molar refractivity (Wildman–Crippen MR) is 82.9 cm³/mol. The molecule has 0 bridgehead atoms. The number of nitrogens with one attached hydrogen (secondary N) is 1. The van der Waals surface area contributed by atoms with Crippen LogP contribution < -0.4 is 5.32 Å². The maximum absolute atomic E-state index is 4.69. The van der Waals surface area contributed by atoms with Gasteiger partial charge < -0.3 is 5.32 Å². The number of anilines is 1. The molecule has 0 aliphatic rings. The standard InChI is InChI=1S/C16H22N4/c1-5-7-18-15-9-14(19-16(20-15)11(2)3)13-6-8-17-10-12(13)4/h6,8-11H,5,7H2,1-4H3,(H,18,19,20). The van der Waals surface area contributed by atoms with Crippen LogP contribution in [-0.2, 0) is 0 Å². The zero-order chi connectivity index (χ0) is 14.5. The Bertz CT molecular complexity index is 578. The summed E-state index contributed by atoms with van der Waals surface area (Å²) in [5.41, 5.74) is 3.20. The van der Waals surface area contributed by atoms with Crippen molar-refractivity contribution in [2.75, 3.05) is 11.9 Å². The predicted octanol–water partition coefficient (Wildman–Crippen LogP) is 3.79. The molecule has 0 aliphatic heterocycles. The molecule has 0 spiro atoms. The lowest BCUT2D eigenvalue weighted by Crippen LogP contribution is -2.07. The van der Waals surface area contributed by atoms with Gasteiger partial charge in [0.25, 0.3) is 0 Å². The topological polar surface area (TPSA) is 50.7 Å². The van der Waals surface area contributed by atoms with Gasteiger partial charge in [-0.3, -0.25) is 4.98 Å². The van der Waals surface area contributed by atoms with E-state index in [2.05, 4.69) is 43.0 Å². The summed E-state index contributed by atoms with van der Waals surface area (Å²) < 4.78 is 0. The third kappa shape index (κ3) is 3.32. The minimum atomic E-state index is 0.305. The van der Waals surface area contributed by atoms with E-state index in [0.29, 0.717) is 5.92 Å². The number of hydrogen-bond acceptors (Lipinski definition) is 4. The van der Waals surface area contributed by atoms with Gasteiger partial charge in [-0.05, 0) is 25.0 Å². The molecular formula is C16H22N4. The van der Waals surface area contributed by atoms with Crippen molar-refractivity contribution in [1.82, 2.24) is 15.0 Å². The molecule has 20 heavy (non-hydrogen) atoms. The van der Waals surface area contributed by atoms with Crippen molar-refractivity contribution in [2.45, 2.75) is 40.0 Å². The molecule has 0 unspecified atom stereocenters. The van der Waals surface area contributed by atoms with Crippen LogP contribution in [0, 0.1) is 6.92 Å². The molecule has 0 saturated heterocycles. The highest BCUT2D eigenvalue weighted by Gasteiger charge is 2.10. The second-order valence-electron chi connectivity index (χ2n) is 5.27. The lowest BCUT2D eigenvalue weighted by Gasteiger charge is -2.12. The molecule has 4 heteroatoms. The van der Waals surface area contributed by atoms with Crippen molar-refractivity contribution < 1.29 is 0 Å². The van der Waals surface area contributed by atoms with Crippen molar-refractivity contribution in [3.05, 3.63) is 35.9 Å². The van der Waals surface area contributed by atoms with Crippen LogP contribution in [0.25, 0.3) is 11.3 Å². The Kier molecular flexibility index (Phi) is 4.66. The van der Waals surface area contributed by atoms with E-state index in [-0.39, 0.29) is 0 Å². The maximum atomic E-state index is 4.69. The van der Waals surface area contributed by atoms with Crippen LogP contribution in [0.5, 0.6) is 0 Å². The van der Waals surface area contributed by atoms with Crippen LogP contribution >= 0.6 is 0 Å². The third-order valence-corrected chi connectivity index (χ3v) is 3.11.